The molecule has 2 fully saturated rings. The Morgan fingerprint density at radius 2 is 1.83 bits per heavy atom. The average molecular weight is 192 g/mol. The van der Waals surface area contributed by atoms with Crippen LogP contribution in [0.25, 0.3) is 0 Å². The second kappa shape index (κ2) is 3.17. The Bertz CT molecular complexity index is 146. The molecule has 72 valence electrons. The Labute approximate surface area is 80.3 Å². The van der Waals surface area contributed by atoms with Gasteiger partial charge in [0.05, 0.1) is 5.60 Å². The van der Waals surface area contributed by atoms with E-state index < -0.39 is 0 Å². The van der Waals surface area contributed by atoms with Crippen LogP contribution in [0.1, 0.15) is 32.1 Å². The van der Waals surface area contributed by atoms with E-state index in [1.807, 2.05) is 7.11 Å². The van der Waals surface area contributed by atoms with Crippen molar-refractivity contribution in [2.45, 2.75) is 37.7 Å². The fourth-order valence-electron chi connectivity index (χ4n) is 2.83. The molecule has 2 N–H and O–H groups in total. The lowest BCUT2D eigenvalue weighted by Gasteiger charge is -2.25. The quantitative estimate of drug-likeness (QED) is 0.722. The SMILES string of the molecule is COC12CCC(CN)(CC1)C2.Cl. The number of methoxy groups -OCH3 is 1. The van der Waals surface area contributed by atoms with Gasteiger partial charge in [0, 0.05) is 7.11 Å². The third-order valence-electron chi connectivity index (χ3n) is 3.79. The highest BCUT2D eigenvalue weighted by Crippen LogP contribution is 2.57. The number of hydrogen-bond acceptors (Lipinski definition) is 2. The zero-order valence-corrected chi connectivity index (χ0v) is 8.45. The predicted octanol–water partition coefficient (Wildman–Crippen LogP) is 1.72. The van der Waals surface area contributed by atoms with Gasteiger partial charge in [-0.05, 0) is 44.1 Å². The zero-order chi connectivity index (χ0) is 7.95. The van der Waals surface area contributed by atoms with Crippen LogP contribution >= 0.6 is 12.4 Å². The highest BCUT2D eigenvalue weighted by atomic mass is 35.5. The summed E-state index contributed by atoms with van der Waals surface area (Å²) in [4.78, 5) is 0. The molecule has 0 aliphatic heterocycles. The van der Waals surface area contributed by atoms with Crippen molar-refractivity contribution in [3.8, 4) is 0 Å². The molecule has 2 saturated carbocycles. The Morgan fingerprint density at radius 3 is 2.08 bits per heavy atom. The number of halogens is 1. The van der Waals surface area contributed by atoms with E-state index in [2.05, 4.69) is 0 Å². The molecule has 0 heterocycles. The lowest BCUT2D eigenvalue weighted by atomic mass is 9.84. The van der Waals surface area contributed by atoms with Crippen LogP contribution in [0, 0.1) is 5.41 Å². The van der Waals surface area contributed by atoms with Gasteiger partial charge in [-0.3, -0.25) is 0 Å². The van der Waals surface area contributed by atoms with Gasteiger partial charge in [-0.15, -0.1) is 12.4 Å². The van der Waals surface area contributed by atoms with Crippen LogP contribution < -0.4 is 5.73 Å². The molecule has 0 spiro atoms. The third kappa shape index (κ3) is 1.26. The molecule has 3 heteroatoms. The normalized spacial score (nSPS) is 44.5. The number of nitrogens with two attached hydrogens (primary N) is 1. The molecule has 0 amide bonds. The van der Waals surface area contributed by atoms with Gasteiger partial charge in [0.15, 0.2) is 0 Å². The minimum Gasteiger partial charge on any atom is -0.378 e. The molecule has 0 saturated heterocycles. The maximum Gasteiger partial charge on any atom is 0.0685 e. The Kier molecular flexibility index (Phi) is 2.72. The summed E-state index contributed by atoms with van der Waals surface area (Å²) in [5.41, 5.74) is 6.47. The summed E-state index contributed by atoms with van der Waals surface area (Å²) in [6.07, 6.45) is 6.27. The van der Waals surface area contributed by atoms with Crippen LogP contribution in [0.3, 0.4) is 0 Å². The molecule has 2 bridgehead atoms. The molecule has 2 aliphatic rings. The summed E-state index contributed by atoms with van der Waals surface area (Å²) in [6, 6.07) is 0. The van der Waals surface area contributed by atoms with Crippen molar-refractivity contribution in [2.24, 2.45) is 11.1 Å². The van der Waals surface area contributed by atoms with Crippen molar-refractivity contribution >= 4 is 12.4 Å². The lowest BCUT2D eigenvalue weighted by molar-refractivity contribution is -0.000347. The topological polar surface area (TPSA) is 35.2 Å². The van der Waals surface area contributed by atoms with E-state index in [1.165, 1.54) is 32.1 Å². The van der Waals surface area contributed by atoms with Crippen LogP contribution in [-0.2, 0) is 4.74 Å². The van der Waals surface area contributed by atoms with Crippen LogP contribution in [0.2, 0.25) is 0 Å². The summed E-state index contributed by atoms with van der Waals surface area (Å²) in [6.45, 7) is 0.859. The molecule has 0 aromatic carbocycles. The van der Waals surface area contributed by atoms with Gasteiger partial charge in [0.1, 0.15) is 0 Å². The van der Waals surface area contributed by atoms with Gasteiger partial charge in [-0.25, -0.2) is 0 Å². The lowest BCUT2D eigenvalue weighted by Crippen LogP contribution is -2.25. The van der Waals surface area contributed by atoms with E-state index in [9.17, 15) is 0 Å². The minimum atomic E-state index is 0. The fourth-order valence-corrected chi connectivity index (χ4v) is 2.83. The first-order valence-electron chi connectivity index (χ1n) is 4.50. The van der Waals surface area contributed by atoms with Gasteiger partial charge in [0.2, 0.25) is 0 Å². The van der Waals surface area contributed by atoms with Gasteiger partial charge in [0.25, 0.3) is 0 Å². The van der Waals surface area contributed by atoms with Crippen LogP contribution in [0.5, 0.6) is 0 Å². The predicted molar refractivity (Wildman–Crippen MR) is 51.6 cm³/mol. The standard InChI is InChI=1S/C9H17NO.ClH/c1-11-9-4-2-8(6-9,7-10)3-5-9;/h2-7,10H2,1H3;1H. The maximum absolute atomic E-state index is 5.76. The zero-order valence-electron chi connectivity index (χ0n) is 7.64. The van der Waals surface area contributed by atoms with Gasteiger partial charge in [-0.1, -0.05) is 0 Å². The van der Waals surface area contributed by atoms with Gasteiger partial charge < -0.3 is 10.5 Å². The van der Waals surface area contributed by atoms with Crippen molar-refractivity contribution < 1.29 is 4.74 Å². The summed E-state index contributed by atoms with van der Waals surface area (Å²) in [5, 5.41) is 0. The Hall–Kier alpha value is 0.210. The Balaban J connectivity index is 0.000000720. The van der Waals surface area contributed by atoms with Crippen molar-refractivity contribution in [2.75, 3.05) is 13.7 Å². The molecule has 0 unspecified atom stereocenters. The molecular formula is C9H18ClNO. The number of rotatable bonds is 2. The maximum atomic E-state index is 5.76. The van der Waals surface area contributed by atoms with E-state index in [0.717, 1.165) is 6.54 Å². The first-order chi connectivity index (χ1) is 5.24. The first-order valence-corrected chi connectivity index (χ1v) is 4.50. The van der Waals surface area contributed by atoms with E-state index in [4.69, 9.17) is 10.5 Å². The molecule has 2 nitrogen and oxygen atoms in total. The molecule has 2 aliphatic carbocycles. The van der Waals surface area contributed by atoms with Crippen molar-refractivity contribution in [3.05, 3.63) is 0 Å². The number of fused-ring (bicyclic) bond motifs is 2. The van der Waals surface area contributed by atoms with Crippen molar-refractivity contribution in [3.63, 3.8) is 0 Å². The molecule has 0 radical (unpaired) electrons. The van der Waals surface area contributed by atoms with Crippen molar-refractivity contribution in [1.82, 2.24) is 0 Å². The average Bonchev–Trinajstić information content (AvgIpc) is 2.61. The second-order valence-electron chi connectivity index (χ2n) is 4.27. The third-order valence-corrected chi connectivity index (χ3v) is 3.79. The number of hydrogen-bond donors (Lipinski definition) is 1. The van der Waals surface area contributed by atoms with Crippen LogP contribution in [0.15, 0.2) is 0 Å². The second-order valence-corrected chi connectivity index (χ2v) is 4.27. The van der Waals surface area contributed by atoms with E-state index >= 15 is 0 Å². The van der Waals surface area contributed by atoms with Crippen LogP contribution in [-0.4, -0.2) is 19.3 Å². The molecule has 12 heavy (non-hydrogen) atoms. The fraction of sp³-hybridized carbons (Fsp3) is 1.00. The van der Waals surface area contributed by atoms with Gasteiger partial charge >= 0.3 is 0 Å². The Morgan fingerprint density at radius 1 is 1.25 bits per heavy atom. The summed E-state index contributed by atoms with van der Waals surface area (Å²) in [7, 11) is 1.85. The largest absolute Gasteiger partial charge is 0.378 e. The summed E-state index contributed by atoms with van der Waals surface area (Å²) in [5.74, 6) is 0. The van der Waals surface area contributed by atoms with Crippen LogP contribution in [0.4, 0.5) is 0 Å². The van der Waals surface area contributed by atoms with Crippen molar-refractivity contribution in [1.29, 1.82) is 0 Å². The summed E-state index contributed by atoms with van der Waals surface area (Å²) >= 11 is 0. The number of ether oxygens (including phenoxy) is 1. The highest BCUT2D eigenvalue weighted by molar-refractivity contribution is 5.85. The summed E-state index contributed by atoms with van der Waals surface area (Å²) < 4.78 is 5.56. The minimum absolute atomic E-state index is 0. The smallest absolute Gasteiger partial charge is 0.0685 e. The van der Waals surface area contributed by atoms with E-state index in [1.54, 1.807) is 0 Å². The monoisotopic (exact) mass is 191 g/mol. The molecule has 2 rings (SSSR count). The molecule has 0 aromatic rings. The molecule has 0 atom stereocenters. The van der Waals surface area contributed by atoms with E-state index in [-0.39, 0.29) is 18.0 Å². The van der Waals surface area contributed by atoms with Gasteiger partial charge in [-0.2, -0.15) is 0 Å². The molecule has 0 aromatic heterocycles. The highest BCUT2D eigenvalue weighted by Gasteiger charge is 2.53. The van der Waals surface area contributed by atoms with E-state index in [0.29, 0.717) is 5.41 Å². The molecular weight excluding hydrogens is 174 g/mol. The first kappa shape index (κ1) is 10.3.